The molecule has 190 valence electrons. The summed E-state index contributed by atoms with van der Waals surface area (Å²) in [5.41, 5.74) is 1.95. The van der Waals surface area contributed by atoms with E-state index in [-0.39, 0.29) is 5.60 Å². The van der Waals surface area contributed by atoms with E-state index in [1.807, 2.05) is 18.2 Å². The molecule has 5 rings (SSSR count). The highest BCUT2D eigenvalue weighted by atomic mass is 19.4. The molecule has 0 N–H and O–H groups in total. The molecule has 3 aliphatic rings. The summed E-state index contributed by atoms with van der Waals surface area (Å²) in [6.07, 6.45) is -0.665. The summed E-state index contributed by atoms with van der Waals surface area (Å²) in [5.74, 6) is 1.16. The lowest BCUT2D eigenvalue weighted by Crippen LogP contribution is -2.48. The summed E-state index contributed by atoms with van der Waals surface area (Å²) in [5, 5.41) is 0. The number of ether oxygens (including phenoxy) is 3. The Bertz CT molecular complexity index is 980. The van der Waals surface area contributed by atoms with Crippen molar-refractivity contribution in [2.45, 2.75) is 30.2 Å². The molecule has 2 unspecified atom stereocenters. The number of nitrogens with zero attached hydrogens (tertiary/aromatic N) is 1. The van der Waals surface area contributed by atoms with Crippen LogP contribution in [0, 0.1) is 11.8 Å². The zero-order valence-electron chi connectivity index (χ0n) is 20.6. The highest BCUT2D eigenvalue weighted by Gasteiger charge is 2.49. The summed E-state index contributed by atoms with van der Waals surface area (Å²) >= 11 is 0. The number of methoxy groups -OCH3 is 2. The van der Waals surface area contributed by atoms with E-state index in [1.165, 1.54) is 5.56 Å². The molecule has 0 bridgehead atoms. The number of benzene rings is 2. The second-order valence-corrected chi connectivity index (χ2v) is 9.94. The first-order chi connectivity index (χ1) is 16.6. The second kappa shape index (κ2) is 10.1. The second-order valence-electron chi connectivity index (χ2n) is 9.94. The molecule has 2 aromatic carbocycles. The molecule has 0 amide bonds. The number of likely N-dealkylation sites (tertiary alicyclic amines) is 1. The Kier molecular flexibility index (Phi) is 7.44. The van der Waals surface area contributed by atoms with Crippen LogP contribution in [0.5, 0.6) is 0 Å². The van der Waals surface area contributed by atoms with E-state index in [9.17, 15) is 13.2 Å². The van der Waals surface area contributed by atoms with Crippen LogP contribution in [0.1, 0.15) is 35.1 Å². The van der Waals surface area contributed by atoms with Crippen molar-refractivity contribution >= 4 is 6.08 Å². The smallest absolute Gasteiger partial charge is 0.375 e. The van der Waals surface area contributed by atoms with Crippen LogP contribution in [0.25, 0.3) is 6.08 Å². The first-order valence-electron chi connectivity index (χ1n) is 11.9. The van der Waals surface area contributed by atoms with Crippen molar-refractivity contribution < 1.29 is 27.4 Å². The molecule has 4 nitrogen and oxygen atoms in total. The van der Waals surface area contributed by atoms with Gasteiger partial charge in [-0.15, -0.1) is 0 Å². The summed E-state index contributed by atoms with van der Waals surface area (Å²) in [6.45, 7) is 7.12. The summed E-state index contributed by atoms with van der Waals surface area (Å²) in [7, 11) is 5.51. The third-order valence-corrected chi connectivity index (χ3v) is 7.81. The van der Waals surface area contributed by atoms with Gasteiger partial charge in [-0.1, -0.05) is 49.1 Å². The largest absolute Gasteiger partial charge is 0.416 e. The maximum absolute atomic E-state index is 12.7. The normalized spacial score (nSPS) is 27.5. The molecule has 3 fully saturated rings. The van der Waals surface area contributed by atoms with Crippen LogP contribution >= 0.6 is 0 Å². The number of fused-ring (bicyclic) bond motifs is 1. The van der Waals surface area contributed by atoms with Gasteiger partial charge in [0.15, 0.2) is 0 Å². The molecule has 2 heterocycles. The third-order valence-electron chi connectivity index (χ3n) is 7.81. The van der Waals surface area contributed by atoms with Gasteiger partial charge in [0.2, 0.25) is 0 Å². The van der Waals surface area contributed by atoms with E-state index in [0.29, 0.717) is 25.0 Å². The van der Waals surface area contributed by atoms with E-state index < -0.39 is 17.3 Å². The maximum Gasteiger partial charge on any atom is 0.416 e. The van der Waals surface area contributed by atoms with Crippen LogP contribution < -0.4 is 0 Å². The standard InChI is InChI=1S/C16H20F3NO.C12H14O2/c1-20-9-11-7-15(21-2,8-12(11)10-20)13-3-5-14(6-4-13)16(17,18)19;1-3-10-4-6-11(7-5-10)12(13-2)8-14-9-12/h3-6,11-12H,7-10H2,1-2H3;3-7H,1,8-9H2,2H3. The Hall–Kier alpha value is -2.19. The van der Waals surface area contributed by atoms with Crippen LogP contribution in [-0.4, -0.2) is 52.5 Å². The number of hydrogen-bond donors (Lipinski definition) is 0. The van der Waals surface area contributed by atoms with Gasteiger partial charge in [0.1, 0.15) is 5.60 Å². The molecule has 1 aliphatic carbocycles. The number of hydrogen-bond acceptors (Lipinski definition) is 4. The molecule has 2 saturated heterocycles. The molecule has 0 radical (unpaired) electrons. The topological polar surface area (TPSA) is 30.9 Å². The summed E-state index contributed by atoms with van der Waals surface area (Å²) in [6, 6.07) is 13.7. The molecule has 35 heavy (non-hydrogen) atoms. The average molecular weight is 490 g/mol. The van der Waals surface area contributed by atoms with Crippen molar-refractivity contribution in [1.29, 1.82) is 0 Å². The van der Waals surface area contributed by atoms with Crippen molar-refractivity contribution in [3.63, 3.8) is 0 Å². The highest BCUT2D eigenvalue weighted by Crippen LogP contribution is 2.51. The highest BCUT2D eigenvalue weighted by molar-refractivity contribution is 5.48. The molecular formula is C28H34F3NO3. The Morgan fingerprint density at radius 2 is 1.37 bits per heavy atom. The monoisotopic (exact) mass is 489 g/mol. The quantitative estimate of drug-likeness (QED) is 0.538. The minimum Gasteiger partial charge on any atom is -0.375 e. The molecule has 0 aromatic heterocycles. The van der Waals surface area contributed by atoms with Gasteiger partial charge in [0.05, 0.1) is 24.4 Å². The summed E-state index contributed by atoms with van der Waals surface area (Å²) < 4.78 is 54.5. The Balaban J connectivity index is 0.000000179. The molecule has 1 saturated carbocycles. The van der Waals surface area contributed by atoms with Gasteiger partial charge in [-0.25, -0.2) is 0 Å². The first kappa shape index (κ1) is 25.9. The lowest BCUT2D eigenvalue weighted by Gasteiger charge is -2.40. The average Bonchev–Trinajstić information content (AvgIpc) is 3.34. The van der Waals surface area contributed by atoms with Gasteiger partial charge in [0.25, 0.3) is 0 Å². The molecule has 2 atom stereocenters. The fourth-order valence-electron chi connectivity index (χ4n) is 5.66. The van der Waals surface area contributed by atoms with Gasteiger partial charge >= 0.3 is 6.18 Å². The number of halogens is 3. The molecule has 2 aromatic rings. The Labute approximate surface area is 205 Å². The van der Waals surface area contributed by atoms with Gasteiger partial charge in [-0.05, 0) is 60.5 Å². The van der Waals surface area contributed by atoms with Crippen LogP contribution in [-0.2, 0) is 31.6 Å². The SMILES string of the molecule is C=Cc1ccc(C2(OC)COC2)cc1.COC1(c2ccc(C(F)(F)F)cc2)CC2CN(C)CC2C1. The molecule has 7 heteroatoms. The fraction of sp³-hybridized carbons (Fsp3) is 0.500. The third kappa shape index (κ3) is 5.19. The minimum absolute atomic E-state index is 0.209. The maximum atomic E-state index is 12.7. The van der Waals surface area contributed by atoms with Gasteiger partial charge in [0, 0.05) is 27.3 Å². The predicted octanol–water partition coefficient (Wildman–Crippen LogP) is 5.72. The van der Waals surface area contributed by atoms with Gasteiger partial charge in [-0.2, -0.15) is 13.2 Å². The van der Waals surface area contributed by atoms with E-state index in [4.69, 9.17) is 14.2 Å². The zero-order valence-corrected chi connectivity index (χ0v) is 20.6. The zero-order chi connectivity index (χ0) is 25.3. The lowest BCUT2D eigenvalue weighted by atomic mass is 9.89. The Morgan fingerprint density at radius 3 is 1.77 bits per heavy atom. The van der Waals surface area contributed by atoms with E-state index >= 15 is 0 Å². The van der Waals surface area contributed by atoms with Crippen LogP contribution in [0.15, 0.2) is 55.1 Å². The van der Waals surface area contributed by atoms with Crippen LogP contribution in [0.4, 0.5) is 13.2 Å². The van der Waals surface area contributed by atoms with Gasteiger partial charge < -0.3 is 19.1 Å². The lowest BCUT2D eigenvalue weighted by molar-refractivity contribution is -0.202. The summed E-state index contributed by atoms with van der Waals surface area (Å²) in [4.78, 5) is 2.32. The van der Waals surface area contributed by atoms with Gasteiger partial charge in [-0.3, -0.25) is 0 Å². The van der Waals surface area contributed by atoms with E-state index in [0.717, 1.165) is 49.2 Å². The van der Waals surface area contributed by atoms with Crippen molar-refractivity contribution in [2.75, 3.05) is 47.6 Å². The van der Waals surface area contributed by atoms with Crippen molar-refractivity contribution in [3.05, 3.63) is 77.4 Å². The molecular weight excluding hydrogens is 455 g/mol. The van der Waals surface area contributed by atoms with Crippen LogP contribution in [0.3, 0.4) is 0 Å². The van der Waals surface area contributed by atoms with Crippen molar-refractivity contribution in [1.82, 2.24) is 4.90 Å². The van der Waals surface area contributed by atoms with E-state index in [2.05, 4.69) is 30.7 Å². The molecule has 2 aliphatic heterocycles. The fourth-order valence-corrected chi connectivity index (χ4v) is 5.66. The predicted molar refractivity (Wildman–Crippen MR) is 130 cm³/mol. The molecule has 0 spiro atoms. The Morgan fingerprint density at radius 1 is 0.886 bits per heavy atom. The van der Waals surface area contributed by atoms with Crippen molar-refractivity contribution in [3.8, 4) is 0 Å². The number of alkyl halides is 3. The first-order valence-corrected chi connectivity index (χ1v) is 11.9. The van der Waals surface area contributed by atoms with E-state index in [1.54, 1.807) is 26.4 Å². The number of rotatable bonds is 5. The van der Waals surface area contributed by atoms with Crippen LogP contribution in [0.2, 0.25) is 0 Å². The van der Waals surface area contributed by atoms with Crippen molar-refractivity contribution in [2.24, 2.45) is 11.8 Å². The minimum atomic E-state index is -4.28.